The van der Waals surface area contributed by atoms with Gasteiger partial charge in [-0.15, -0.1) is 16.4 Å². The summed E-state index contributed by atoms with van der Waals surface area (Å²) in [7, 11) is 0. The highest BCUT2D eigenvalue weighted by molar-refractivity contribution is 7.14. The molecule has 0 aliphatic heterocycles. The summed E-state index contributed by atoms with van der Waals surface area (Å²) in [6, 6.07) is 10.5. The van der Waals surface area contributed by atoms with Crippen molar-refractivity contribution in [3.8, 4) is 5.69 Å². The summed E-state index contributed by atoms with van der Waals surface area (Å²) in [4.78, 5) is 11.8. The first-order chi connectivity index (χ1) is 10.7. The third-order valence-corrected chi connectivity index (χ3v) is 3.81. The summed E-state index contributed by atoms with van der Waals surface area (Å²) in [5.41, 5.74) is 0.768. The molecule has 0 radical (unpaired) electrons. The molecule has 9 heteroatoms. The van der Waals surface area contributed by atoms with Crippen LogP contribution in [-0.4, -0.2) is 26.2 Å². The minimum atomic E-state index is -0.312. The average Bonchev–Trinajstić information content (AvgIpc) is 3.17. The zero-order chi connectivity index (χ0) is 15.4. The Morgan fingerprint density at radius 2 is 2.09 bits per heavy atom. The first kappa shape index (κ1) is 14.5. The summed E-state index contributed by atoms with van der Waals surface area (Å²) in [6.07, 6.45) is 0. The van der Waals surface area contributed by atoms with Gasteiger partial charge in [0.25, 0.3) is 0 Å². The Bertz CT molecular complexity index is 755. The Kier molecular flexibility index (Phi) is 4.31. The molecule has 0 saturated heterocycles. The molecular formula is C13H11ClN6OS. The molecule has 0 unspecified atom stereocenters. The normalized spacial score (nSPS) is 10.4. The number of hydrogen-bond acceptors (Lipinski definition) is 5. The van der Waals surface area contributed by atoms with Gasteiger partial charge >= 0.3 is 6.03 Å². The van der Waals surface area contributed by atoms with Crippen molar-refractivity contribution in [3.63, 3.8) is 0 Å². The quantitative estimate of drug-likeness (QED) is 0.768. The number of aromatic nitrogens is 4. The Balaban J connectivity index is 1.65. The van der Waals surface area contributed by atoms with E-state index in [1.807, 2.05) is 17.5 Å². The number of amides is 2. The van der Waals surface area contributed by atoms with E-state index in [0.29, 0.717) is 10.8 Å². The highest BCUT2D eigenvalue weighted by atomic mass is 35.5. The van der Waals surface area contributed by atoms with Gasteiger partial charge in [-0.05, 0) is 52.2 Å². The molecule has 0 spiro atoms. The smallest absolute Gasteiger partial charge is 0.320 e. The molecule has 0 fully saturated rings. The molecule has 2 aromatic heterocycles. The number of hydrogen-bond donors (Lipinski definition) is 2. The van der Waals surface area contributed by atoms with Gasteiger partial charge in [0.1, 0.15) is 0 Å². The molecule has 7 nitrogen and oxygen atoms in total. The summed E-state index contributed by atoms with van der Waals surface area (Å²) in [5, 5.41) is 20.2. The van der Waals surface area contributed by atoms with Crippen LogP contribution in [0.3, 0.4) is 0 Å². The Labute approximate surface area is 134 Å². The fourth-order valence-electron chi connectivity index (χ4n) is 1.76. The lowest BCUT2D eigenvalue weighted by atomic mass is 10.3. The van der Waals surface area contributed by atoms with Crippen molar-refractivity contribution >= 4 is 34.0 Å². The monoisotopic (exact) mass is 334 g/mol. The molecule has 3 rings (SSSR count). The third-order valence-electron chi connectivity index (χ3n) is 2.77. The van der Waals surface area contributed by atoms with E-state index in [-0.39, 0.29) is 12.6 Å². The zero-order valence-corrected chi connectivity index (χ0v) is 12.8. The van der Waals surface area contributed by atoms with E-state index in [1.54, 1.807) is 28.9 Å². The van der Waals surface area contributed by atoms with Gasteiger partial charge in [-0.3, -0.25) is 5.32 Å². The fourth-order valence-corrected chi connectivity index (χ4v) is 2.50. The van der Waals surface area contributed by atoms with E-state index in [1.165, 1.54) is 11.3 Å². The number of anilines is 1. The molecule has 0 aliphatic carbocycles. The van der Waals surface area contributed by atoms with Crippen LogP contribution in [0.5, 0.6) is 0 Å². The predicted octanol–water partition coefficient (Wildman–Crippen LogP) is 2.70. The predicted molar refractivity (Wildman–Crippen MR) is 84.3 cm³/mol. The SMILES string of the molecule is O=C(NCc1nnnn1-c1ccc(Cl)cc1)Nc1cccs1. The first-order valence-electron chi connectivity index (χ1n) is 6.34. The average molecular weight is 335 g/mol. The molecular weight excluding hydrogens is 324 g/mol. The van der Waals surface area contributed by atoms with Gasteiger partial charge < -0.3 is 5.32 Å². The minimum absolute atomic E-state index is 0.201. The Morgan fingerprint density at radius 3 is 2.82 bits per heavy atom. The van der Waals surface area contributed by atoms with Crippen LogP contribution in [-0.2, 0) is 6.54 Å². The number of carbonyl (C=O) groups excluding carboxylic acids is 1. The lowest BCUT2D eigenvalue weighted by Crippen LogP contribution is -2.29. The van der Waals surface area contributed by atoms with Crippen molar-refractivity contribution in [1.29, 1.82) is 0 Å². The van der Waals surface area contributed by atoms with Crippen LogP contribution in [0.25, 0.3) is 5.69 Å². The van der Waals surface area contributed by atoms with Gasteiger partial charge in [-0.25, -0.2) is 4.79 Å². The van der Waals surface area contributed by atoms with Crippen molar-refractivity contribution in [3.05, 3.63) is 52.6 Å². The highest BCUT2D eigenvalue weighted by Gasteiger charge is 2.10. The molecule has 2 amide bonds. The van der Waals surface area contributed by atoms with Crippen LogP contribution in [0.4, 0.5) is 9.80 Å². The van der Waals surface area contributed by atoms with Crippen LogP contribution in [0.1, 0.15) is 5.82 Å². The lowest BCUT2D eigenvalue weighted by Gasteiger charge is -2.07. The maximum atomic E-state index is 11.8. The molecule has 22 heavy (non-hydrogen) atoms. The summed E-state index contributed by atoms with van der Waals surface area (Å²) in [5.74, 6) is 0.517. The van der Waals surface area contributed by atoms with Crippen molar-refractivity contribution < 1.29 is 4.79 Å². The summed E-state index contributed by atoms with van der Waals surface area (Å²) >= 11 is 7.30. The molecule has 2 heterocycles. The van der Waals surface area contributed by atoms with Crippen molar-refractivity contribution in [2.24, 2.45) is 0 Å². The number of rotatable bonds is 4. The van der Waals surface area contributed by atoms with Gasteiger partial charge in [0.2, 0.25) is 0 Å². The second-order valence-corrected chi connectivity index (χ2v) is 5.65. The van der Waals surface area contributed by atoms with Gasteiger partial charge in [0.15, 0.2) is 5.82 Å². The largest absolute Gasteiger partial charge is 0.330 e. The molecule has 1 aromatic carbocycles. The number of carbonyl (C=O) groups is 1. The molecule has 3 aromatic rings. The van der Waals surface area contributed by atoms with Crippen LogP contribution < -0.4 is 10.6 Å². The number of thiophene rings is 1. The van der Waals surface area contributed by atoms with Crippen LogP contribution in [0.2, 0.25) is 5.02 Å². The highest BCUT2D eigenvalue weighted by Crippen LogP contribution is 2.15. The van der Waals surface area contributed by atoms with E-state index in [9.17, 15) is 4.79 Å². The summed E-state index contributed by atoms with van der Waals surface area (Å²) in [6.45, 7) is 0.201. The fraction of sp³-hybridized carbons (Fsp3) is 0.0769. The van der Waals surface area contributed by atoms with Crippen LogP contribution in [0, 0.1) is 0 Å². The molecule has 0 atom stereocenters. The topological polar surface area (TPSA) is 84.7 Å². The number of urea groups is 1. The summed E-state index contributed by atoms with van der Waals surface area (Å²) < 4.78 is 1.54. The van der Waals surface area contributed by atoms with E-state index >= 15 is 0 Å². The van der Waals surface area contributed by atoms with Gasteiger partial charge in [-0.1, -0.05) is 11.6 Å². The van der Waals surface area contributed by atoms with Crippen LogP contribution >= 0.6 is 22.9 Å². The van der Waals surface area contributed by atoms with Gasteiger partial charge in [0, 0.05) is 5.02 Å². The number of halogens is 1. The minimum Gasteiger partial charge on any atom is -0.330 e. The number of benzene rings is 1. The van der Waals surface area contributed by atoms with Crippen LogP contribution in [0.15, 0.2) is 41.8 Å². The molecule has 0 saturated carbocycles. The molecule has 112 valence electrons. The standard InChI is InChI=1S/C13H11ClN6OS/c14-9-3-5-10(6-4-9)20-11(17-18-19-20)8-15-13(21)16-12-2-1-7-22-12/h1-7H,8H2,(H2,15,16,21). The van der Waals surface area contributed by atoms with E-state index in [2.05, 4.69) is 26.2 Å². The zero-order valence-electron chi connectivity index (χ0n) is 11.2. The number of tetrazole rings is 1. The van der Waals surface area contributed by atoms with Crippen molar-refractivity contribution in [1.82, 2.24) is 25.5 Å². The second-order valence-electron chi connectivity index (χ2n) is 4.27. The maximum absolute atomic E-state index is 11.8. The Hall–Kier alpha value is -2.45. The van der Waals surface area contributed by atoms with Crippen molar-refractivity contribution in [2.45, 2.75) is 6.54 Å². The van der Waals surface area contributed by atoms with E-state index in [0.717, 1.165) is 10.7 Å². The molecule has 0 aliphatic rings. The Morgan fingerprint density at radius 1 is 1.27 bits per heavy atom. The van der Waals surface area contributed by atoms with Gasteiger partial charge in [-0.2, -0.15) is 4.68 Å². The van der Waals surface area contributed by atoms with E-state index < -0.39 is 0 Å². The lowest BCUT2D eigenvalue weighted by molar-refractivity contribution is 0.251. The number of nitrogens with one attached hydrogen (secondary N) is 2. The maximum Gasteiger partial charge on any atom is 0.320 e. The first-order valence-corrected chi connectivity index (χ1v) is 7.60. The molecule has 0 bridgehead atoms. The van der Waals surface area contributed by atoms with E-state index in [4.69, 9.17) is 11.6 Å². The number of nitrogens with zero attached hydrogens (tertiary/aromatic N) is 4. The third kappa shape index (κ3) is 3.41. The second kappa shape index (κ2) is 6.54. The molecule has 2 N–H and O–H groups in total. The van der Waals surface area contributed by atoms with Crippen molar-refractivity contribution in [2.75, 3.05) is 5.32 Å². The van der Waals surface area contributed by atoms with Gasteiger partial charge in [0.05, 0.1) is 17.2 Å².